The number of benzene rings is 1. The van der Waals surface area contributed by atoms with Crippen LogP contribution in [0.25, 0.3) is 0 Å². The molecule has 1 nitrogen and oxygen atoms in total. The van der Waals surface area contributed by atoms with E-state index in [9.17, 15) is 0 Å². The maximum Gasteiger partial charge on any atom is 0.0679 e. The first-order chi connectivity index (χ1) is 5.25. The molecule has 1 heterocycles. The van der Waals surface area contributed by atoms with Crippen LogP contribution in [0.3, 0.4) is 0 Å². The van der Waals surface area contributed by atoms with Gasteiger partial charge in [-0.05, 0) is 24.6 Å². The van der Waals surface area contributed by atoms with Crippen LogP contribution in [0.2, 0.25) is 5.02 Å². The second kappa shape index (κ2) is 2.35. The predicted octanol–water partition coefficient (Wildman–Crippen LogP) is 2.99. The first-order valence-electron chi connectivity index (χ1n) is 3.58. The molecule has 1 aromatic rings. The van der Waals surface area contributed by atoms with Crippen LogP contribution in [0.4, 0.5) is 5.69 Å². The molecule has 0 aromatic heterocycles. The van der Waals surface area contributed by atoms with Gasteiger partial charge < -0.3 is 0 Å². The highest BCUT2D eigenvalue weighted by Gasteiger charge is 2.10. The maximum atomic E-state index is 5.80. The van der Waals surface area contributed by atoms with E-state index >= 15 is 0 Å². The molecule has 2 rings (SSSR count). The maximum absolute atomic E-state index is 5.80. The summed E-state index contributed by atoms with van der Waals surface area (Å²) in [4.78, 5) is 4.35. The lowest BCUT2D eigenvalue weighted by Crippen LogP contribution is -1.87. The molecule has 0 saturated heterocycles. The molecule has 1 aromatic carbocycles. The number of fused-ring (bicyclic) bond motifs is 1. The van der Waals surface area contributed by atoms with E-state index in [-0.39, 0.29) is 0 Å². The lowest BCUT2D eigenvalue weighted by atomic mass is 10.1. The minimum Gasteiger partial charge on any atom is -0.257 e. The highest BCUT2D eigenvalue weighted by atomic mass is 35.5. The third kappa shape index (κ3) is 1.16. The van der Waals surface area contributed by atoms with Crippen molar-refractivity contribution in [1.29, 1.82) is 0 Å². The topological polar surface area (TPSA) is 12.4 Å². The molecule has 0 saturated carbocycles. The Kier molecular flexibility index (Phi) is 1.46. The van der Waals surface area contributed by atoms with E-state index in [1.165, 1.54) is 11.3 Å². The molecule has 0 unspecified atom stereocenters. The average molecular weight is 166 g/mol. The summed E-state index contributed by atoms with van der Waals surface area (Å²) in [7, 11) is 0. The van der Waals surface area contributed by atoms with Crippen molar-refractivity contribution >= 4 is 23.0 Å². The summed E-state index contributed by atoms with van der Waals surface area (Å²) in [5.41, 5.74) is 3.49. The van der Waals surface area contributed by atoms with Gasteiger partial charge in [-0.3, -0.25) is 4.99 Å². The van der Waals surface area contributed by atoms with Crippen LogP contribution in [-0.2, 0) is 6.42 Å². The van der Waals surface area contributed by atoms with Crippen molar-refractivity contribution in [3.8, 4) is 0 Å². The first kappa shape index (κ1) is 6.86. The van der Waals surface area contributed by atoms with Gasteiger partial charge in [0.25, 0.3) is 0 Å². The van der Waals surface area contributed by atoms with E-state index in [0.29, 0.717) is 0 Å². The zero-order valence-corrected chi connectivity index (χ0v) is 7.02. The Morgan fingerprint density at radius 1 is 1.45 bits per heavy atom. The Morgan fingerprint density at radius 3 is 3.09 bits per heavy atom. The van der Waals surface area contributed by atoms with Gasteiger partial charge in [0.2, 0.25) is 0 Å². The Morgan fingerprint density at radius 2 is 2.27 bits per heavy atom. The van der Waals surface area contributed by atoms with Crippen molar-refractivity contribution in [1.82, 2.24) is 0 Å². The Bertz CT molecular complexity index is 328. The molecule has 0 atom stereocenters. The van der Waals surface area contributed by atoms with E-state index in [1.54, 1.807) is 0 Å². The second-order valence-electron chi connectivity index (χ2n) is 2.80. The number of hydrogen-bond acceptors (Lipinski definition) is 1. The van der Waals surface area contributed by atoms with Crippen molar-refractivity contribution in [2.24, 2.45) is 4.99 Å². The minimum atomic E-state index is 0.766. The average Bonchev–Trinajstić information content (AvgIpc) is 2.27. The number of halogens is 1. The van der Waals surface area contributed by atoms with E-state index in [1.807, 2.05) is 25.1 Å². The summed E-state index contributed by atoms with van der Waals surface area (Å²) in [6.07, 6.45) is 0.979. The molecular weight excluding hydrogens is 158 g/mol. The molecule has 0 N–H and O–H groups in total. The van der Waals surface area contributed by atoms with Gasteiger partial charge in [-0.15, -0.1) is 0 Å². The molecule has 0 bridgehead atoms. The fourth-order valence-electron chi connectivity index (χ4n) is 1.31. The summed E-state index contributed by atoms with van der Waals surface area (Å²) >= 11 is 5.80. The SMILES string of the molecule is CC1=Nc2cc(Cl)ccc2C1. The summed E-state index contributed by atoms with van der Waals surface area (Å²) in [5, 5.41) is 0.766. The largest absolute Gasteiger partial charge is 0.257 e. The highest BCUT2D eigenvalue weighted by Crippen LogP contribution is 2.29. The molecule has 2 heteroatoms. The van der Waals surface area contributed by atoms with Crippen molar-refractivity contribution in [3.63, 3.8) is 0 Å². The van der Waals surface area contributed by atoms with Gasteiger partial charge in [-0.1, -0.05) is 17.7 Å². The number of nitrogens with zero attached hydrogens (tertiary/aromatic N) is 1. The van der Waals surface area contributed by atoms with E-state index in [2.05, 4.69) is 4.99 Å². The zero-order chi connectivity index (χ0) is 7.84. The number of hydrogen-bond donors (Lipinski definition) is 0. The summed E-state index contributed by atoms with van der Waals surface area (Å²) in [6, 6.07) is 5.86. The summed E-state index contributed by atoms with van der Waals surface area (Å²) in [5.74, 6) is 0. The summed E-state index contributed by atoms with van der Waals surface area (Å²) < 4.78 is 0. The molecule has 0 fully saturated rings. The van der Waals surface area contributed by atoms with Gasteiger partial charge in [-0.2, -0.15) is 0 Å². The van der Waals surface area contributed by atoms with Gasteiger partial charge in [0, 0.05) is 17.2 Å². The van der Waals surface area contributed by atoms with Crippen molar-refractivity contribution in [3.05, 3.63) is 28.8 Å². The van der Waals surface area contributed by atoms with Crippen LogP contribution in [0.1, 0.15) is 12.5 Å². The monoisotopic (exact) mass is 165 g/mol. The van der Waals surface area contributed by atoms with Crippen LogP contribution in [0.5, 0.6) is 0 Å². The van der Waals surface area contributed by atoms with Gasteiger partial charge in [-0.25, -0.2) is 0 Å². The zero-order valence-electron chi connectivity index (χ0n) is 6.26. The smallest absolute Gasteiger partial charge is 0.0679 e. The van der Waals surface area contributed by atoms with Crippen molar-refractivity contribution < 1.29 is 0 Å². The van der Waals surface area contributed by atoms with Crippen molar-refractivity contribution in [2.75, 3.05) is 0 Å². The molecule has 1 aliphatic rings. The van der Waals surface area contributed by atoms with Gasteiger partial charge in [0.05, 0.1) is 5.69 Å². The Hall–Kier alpha value is -0.820. The quantitative estimate of drug-likeness (QED) is 0.561. The minimum absolute atomic E-state index is 0.766. The molecule has 0 aliphatic carbocycles. The van der Waals surface area contributed by atoms with E-state index < -0.39 is 0 Å². The van der Waals surface area contributed by atoms with Crippen LogP contribution in [0.15, 0.2) is 23.2 Å². The molecule has 0 spiro atoms. The Labute approximate surface area is 70.7 Å². The molecule has 1 aliphatic heterocycles. The number of rotatable bonds is 0. The van der Waals surface area contributed by atoms with E-state index in [4.69, 9.17) is 11.6 Å². The second-order valence-corrected chi connectivity index (χ2v) is 3.23. The standard InChI is InChI=1S/C9H8ClN/c1-6-4-7-2-3-8(10)5-9(7)11-6/h2-3,5H,4H2,1H3. The Balaban J connectivity index is 2.54. The van der Waals surface area contributed by atoms with Crippen LogP contribution in [-0.4, -0.2) is 5.71 Å². The van der Waals surface area contributed by atoms with Crippen LogP contribution in [0, 0.1) is 0 Å². The molecule has 0 radical (unpaired) electrons. The van der Waals surface area contributed by atoms with Crippen LogP contribution < -0.4 is 0 Å². The lowest BCUT2D eigenvalue weighted by molar-refractivity contribution is 1.38. The van der Waals surface area contributed by atoms with Gasteiger partial charge in [0.1, 0.15) is 0 Å². The molecule has 11 heavy (non-hydrogen) atoms. The van der Waals surface area contributed by atoms with Crippen molar-refractivity contribution in [2.45, 2.75) is 13.3 Å². The molecule has 56 valence electrons. The lowest BCUT2D eigenvalue weighted by Gasteiger charge is -1.95. The third-order valence-electron chi connectivity index (χ3n) is 1.80. The number of aliphatic imine (C=N–C) groups is 1. The fraction of sp³-hybridized carbons (Fsp3) is 0.222. The predicted molar refractivity (Wildman–Crippen MR) is 47.9 cm³/mol. The van der Waals surface area contributed by atoms with Gasteiger partial charge in [0.15, 0.2) is 0 Å². The summed E-state index contributed by atoms with van der Waals surface area (Å²) in [6.45, 7) is 2.04. The van der Waals surface area contributed by atoms with Gasteiger partial charge >= 0.3 is 0 Å². The molecular formula is C9H8ClN. The normalized spacial score (nSPS) is 14.5. The van der Waals surface area contributed by atoms with E-state index in [0.717, 1.165) is 17.1 Å². The fourth-order valence-corrected chi connectivity index (χ4v) is 1.48. The highest BCUT2D eigenvalue weighted by molar-refractivity contribution is 6.30. The first-order valence-corrected chi connectivity index (χ1v) is 3.96. The van der Waals surface area contributed by atoms with Crippen LogP contribution >= 0.6 is 11.6 Å². The molecule has 0 amide bonds. The third-order valence-corrected chi connectivity index (χ3v) is 2.04.